The van der Waals surface area contributed by atoms with Crippen molar-refractivity contribution >= 4 is 0 Å². The molecular weight excluding hydrogens is 330 g/mol. The van der Waals surface area contributed by atoms with Gasteiger partial charge in [0, 0.05) is 36.3 Å². The van der Waals surface area contributed by atoms with Crippen LogP contribution in [-0.4, -0.2) is 37.9 Å². The average Bonchev–Trinajstić information content (AvgIpc) is 2.70. The lowest BCUT2D eigenvalue weighted by molar-refractivity contribution is 0.155. The van der Waals surface area contributed by atoms with Gasteiger partial charge >= 0.3 is 0 Å². The minimum absolute atomic E-state index is 0.0212. The number of nitrogens with zero attached hydrogens (tertiary/aromatic N) is 1. The van der Waals surface area contributed by atoms with Gasteiger partial charge in [-0.05, 0) is 41.7 Å². The maximum absolute atomic E-state index is 9.94. The van der Waals surface area contributed by atoms with Crippen molar-refractivity contribution in [3.63, 3.8) is 0 Å². The fourth-order valence-electron chi connectivity index (χ4n) is 4.43. The molecule has 2 aliphatic heterocycles. The summed E-state index contributed by atoms with van der Waals surface area (Å²) < 4.78 is 16.6. The number of hydrogen-bond donors (Lipinski definition) is 1. The van der Waals surface area contributed by atoms with Crippen molar-refractivity contribution in [2.24, 2.45) is 0 Å². The van der Waals surface area contributed by atoms with Gasteiger partial charge in [-0.2, -0.15) is 0 Å². The van der Waals surface area contributed by atoms with Crippen molar-refractivity contribution < 1.29 is 19.3 Å². The van der Waals surface area contributed by atoms with Crippen LogP contribution in [-0.2, 0) is 26.0 Å². The van der Waals surface area contributed by atoms with Crippen LogP contribution < -0.4 is 14.2 Å². The molecule has 0 saturated carbocycles. The molecule has 4 rings (SSSR count). The van der Waals surface area contributed by atoms with E-state index in [2.05, 4.69) is 17.0 Å². The topological polar surface area (TPSA) is 51.2 Å². The first-order valence-corrected chi connectivity index (χ1v) is 8.97. The fourth-order valence-corrected chi connectivity index (χ4v) is 4.43. The summed E-state index contributed by atoms with van der Waals surface area (Å²) in [5.74, 6) is 2.44. The maximum atomic E-state index is 9.94. The van der Waals surface area contributed by atoms with E-state index in [1.807, 2.05) is 12.1 Å². The third-order valence-electron chi connectivity index (χ3n) is 5.74. The molecule has 0 aliphatic carbocycles. The fraction of sp³-hybridized carbons (Fsp3) is 0.429. The molecule has 5 heteroatoms. The highest BCUT2D eigenvalue weighted by molar-refractivity contribution is 5.56. The van der Waals surface area contributed by atoms with Crippen molar-refractivity contribution in [3.05, 3.63) is 52.1 Å². The molecule has 2 aromatic carbocycles. The van der Waals surface area contributed by atoms with Crippen LogP contribution >= 0.6 is 0 Å². The molecule has 0 spiro atoms. The molecule has 0 radical (unpaired) electrons. The van der Waals surface area contributed by atoms with Gasteiger partial charge in [0.2, 0.25) is 0 Å². The summed E-state index contributed by atoms with van der Waals surface area (Å²) in [6.45, 7) is 1.87. The van der Waals surface area contributed by atoms with Gasteiger partial charge in [-0.15, -0.1) is 0 Å². The second-order valence-electron chi connectivity index (χ2n) is 6.89. The number of rotatable bonds is 4. The Morgan fingerprint density at radius 2 is 1.85 bits per heavy atom. The van der Waals surface area contributed by atoms with Gasteiger partial charge in [0.1, 0.15) is 17.2 Å². The summed E-state index contributed by atoms with van der Waals surface area (Å²) in [6, 6.07) is 8.50. The van der Waals surface area contributed by atoms with E-state index in [0.29, 0.717) is 5.75 Å². The number of ether oxygens (including phenoxy) is 3. The smallest absolute Gasteiger partial charge is 0.128 e. The predicted octanol–water partition coefficient (Wildman–Crippen LogP) is 2.86. The first-order chi connectivity index (χ1) is 12.7. The molecule has 0 aromatic heterocycles. The molecule has 2 aliphatic rings. The van der Waals surface area contributed by atoms with Gasteiger partial charge in [-0.3, -0.25) is 4.90 Å². The van der Waals surface area contributed by atoms with E-state index in [4.69, 9.17) is 14.2 Å². The number of fused-ring (bicyclic) bond motifs is 4. The lowest BCUT2D eigenvalue weighted by Crippen LogP contribution is -2.40. The number of methoxy groups -OCH3 is 3. The van der Waals surface area contributed by atoms with Gasteiger partial charge < -0.3 is 19.3 Å². The molecule has 0 amide bonds. The standard InChI is InChI=1S/C21H25NO4/c1-24-15-5-4-13-11-22-7-6-16-17(12-23)19(25-2)10-20(26-3)21(16)18(22)9-14(13)8-15/h4-5,8,10,18,23H,6-7,9,11-12H2,1-3H3/t18-/m0/s1. The molecule has 2 aromatic rings. The Bertz CT molecular complexity index is 833. The number of aliphatic hydroxyl groups excluding tert-OH is 1. The SMILES string of the molecule is COc1ccc2c(c1)C[C@H]1c3c(OC)cc(OC)c(CO)c3CCN1C2. The van der Waals surface area contributed by atoms with Gasteiger partial charge in [0.25, 0.3) is 0 Å². The van der Waals surface area contributed by atoms with Gasteiger partial charge in [-0.1, -0.05) is 6.07 Å². The number of benzene rings is 2. The minimum Gasteiger partial charge on any atom is -0.497 e. The van der Waals surface area contributed by atoms with Crippen LogP contribution in [0, 0.1) is 0 Å². The number of hydrogen-bond acceptors (Lipinski definition) is 5. The zero-order valence-electron chi connectivity index (χ0n) is 15.5. The van der Waals surface area contributed by atoms with E-state index >= 15 is 0 Å². The van der Waals surface area contributed by atoms with E-state index < -0.39 is 0 Å². The Balaban J connectivity index is 1.83. The van der Waals surface area contributed by atoms with E-state index in [1.54, 1.807) is 21.3 Å². The van der Waals surface area contributed by atoms with Crippen LogP contribution in [0.4, 0.5) is 0 Å². The van der Waals surface area contributed by atoms with Crippen LogP contribution in [0.3, 0.4) is 0 Å². The second kappa shape index (κ2) is 6.82. The van der Waals surface area contributed by atoms with E-state index in [0.717, 1.165) is 43.0 Å². The first-order valence-electron chi connectivity index (χ1n) is 8.97. The van der Waals surface area contributed by atoms with E-state index in [1.165, 1.54) is 22.3 Å². The third-order valence-corrected chi connectivity index (χ3v) is 5.74. The monoisotopic (exact) mass is 355 g/mol. The summed E-state index contributed by atoms with van der Waals surface area (Å²) in [7, 11) is 5.04. The van der Waals surface area contributed by atoms with Crippen molar-refractivity contribution in [1.29, 1.82) is 0 Å². The van der Waals surface area contributed by atoms with Crippen molar-refractivity contribution in [2.45, 2.75) is 32.0 Å². The van der Waals surface area contributed by atoms with Crippen molar-refractivity contribution in [2.75, 3.05) is 27.9 Å². The lowest BCUT2D eigenvalue weighted by atomic mass is 9.81. The molecule has 1 atom stereocenters. The predicted molar refractivity (Wildman–Crippen MR) is 99.0 cm³/mol. The van der Waals surface area contributed by atoms with Crippen molar-refractivity contribution in [3.8, 4) is 17.2 Å². The number of aliphatic hydroxyl groups is 1. The van der Waals surface area contributed by atoms with Crippen LogP contribution in [0.2, 0.25) is 0 Å². The first kappa shape index (κ1) is 17.2. The molecule has 0 saturated heterocycles. The highest BCUT2D eigenvalue weighted by Crippen LogP contribution is 2.46. The molecule has 138 valence electrons. The van der Waals surface area contributed by atoms with E-state index in [9.17, 15) is 5.11 Å². The van der Waals surface area contributed by atoms with Crippen molar-refractivity contribution in [1.82, 2.24) is 4.90 Å². The summed E-state index contributed by atoms with van der Waals surface area (Å²) in [4.78, 5) is 2.51. The Labute approximate surface area is 154 Å². The minimum atomic E-state index is -0.0212. The summed E-state index contributed by atoms with van der Waals surface area (Å²) in [5.41, 5.74) is 5.94. The summed E-state index contributed by atoms with van der Waals surface area (Å²) >= 11 is 0. The summed E-state index contributed by atoms with van der Waals surface area (Å²) in [5, 5.41) is 9.94. The van der Waals surface area contributed by atoms with Crippen LogP contribution in [0.25, 0.3) is 0 Å². The average molecular weight is 355 g/mol. The molecule has 2 heterocycles. The molecule has 0 unspecified atom stereocenters. The Hall–Kier alpha value is -2.24. The normalized spacial score (nSPS) is 18.5. The van der Waals surface area contributed by atoms with Gasteiger partial charge in [-0.25, -0.2) is 0 Å². The zero-order chi connectivity index (χ0) is 18.3. The highest BCUT2D eigenvalue weighted by atomic mass is 16.5. The highest BCUT2D eigenvalue weighted by Gasteiger charge is 2.36. The van der Waals surface area contributed by atoms with Crippen LogP contribution in [0.5, 0.6) is 17.2 Å². The van der Waals surface area contributed by atoms with Gasteiger partial charge in [0.15, 0.2) is 0 Å². The third kappa shape index (κ3) is 2.63. The zero-order valence-corrected chi connectivity index (χ0v) is 15.5. The van der Waals surface area contributed by atoms with E-state index in [-0.39, 0.29) is 12.6 Å². The quantitative estimate of drug-likeness (QED) is 0.914. The van der Waals surface area contributed by atoms with Crippen LogP contribution in [0.15, 0.2) is 24.3 Å². The second-order valence-corrected chi connectivity index (χ2v) is 6.89. The maximum Gasteiger partial charge on any atom is 0.128 e. The molecule has 26 heavy (non-hydrogen) atoms. The molecular formula is C21H25NO4. The molecule has 0 bridgehead atoms. The largest absolute Gasteiger partial charge is 0.497 e. The Kier molecular flexibility index (Phi) is 4.51. The van der Waals surface area contributed by atoms with Gasteiger partial charge in [0.05, 0.1) is 27.9 Å². The van der Waals surface area contributed by atoms with Crippen LogP contribution in [0.1, 0.15) is 33.9 Å². The summed E-state index contributed by atoms with van der Waals surface area (Å²) in [6.07, 6.45) is 1.80. The molecule has 0 fully saturated rings. The lowest BCUT2D eigenvalue weighted by Gasteiger charge is -2.42. The molecule has 1 N–H and O–H groups in total. The Morgan fingerprint density at radius 1 is 1.04 bits per heavy atom. The Morgan fingerprint density at radius 3 is 2.54 bits per heavy atom. The molecule has 5 nitrogen and oxygen atoms in total.